The van der Waals surface area contributed by atoms with Crippen LogP contribution in [0, 0.1) is 0 Å². The molecular formula is C11H10O2S. The van der Waals surface area contributed by atoms with E-state index in [1.54, 1.807) is 0 Å². The van der Waals surface area contributed by atoms with Gasteiger partial charge in [-0.15, -0.1) is 11.3 Å². The lowest BCUT2D eigenvalue weighted by Gasteiger charge is -1.98. The minimum absolute atomic E-state index is 0.223. The van der Waals surface area contributed by atoms with Gasteiger partial charge in [0.25, 0.3) is 0 Å². The van der Waals surface area contributed by atoms with Crippen molar-refractivity contribution in [3.8, 4) is 0 Å². The Morgan fingerprint density at radius 2 is 2.21 bits per heavy atom. The van der Waals surface area contributed by atoms with E-state index in [2.05, 4.69) is 0 Å². The first-order valence-corrected chi connectivity index (χ1v) is 5.34. The van der Waals surface area contributed by atoms with E-state index in [0.717, 1.165) is 10.8 Å². The molecule has 2 nitrogen and oxygen atoms in total. The van der Waals surface area contributed by atoms with Crippen molar-refractivity contribution in [2.24, 2.45) is 0 Å². The lowest BCUT2D eigenvalue weighted by Crippen LogP contribution is -2.02. The van der Waals surface area contributed by atoms with E-state index in [1.807, 2.05) is 36.6 Å². The van der Waals surface area contributed by atoms with Crippen molar-refractivity contribution in [1.82, 2.24) is 0 Å². The van der Waals surface area contributed by atoms with E-state index in [-0.39, 0.29) is 5.97 Å². The van der Waals surface area contributed by atoms with Crippen LogP contribution in [0.2, 0.25) is 0 Å². The summed E-state index contributed by atoms with van der Waals surface area (Å²) in [5, 5.41) is 4.05. The smallest absolute Gasteiger partial charge is 0.348 e. The van der Waals surface area contributed by atoms with Gasteiger partial charge in [0.05, 0.1) is 6.61 Å². The van der Waals surface area contributed by atoms with E-state index in [0.29, 0.717) is 11.5 Å². The van der Waals surface area contributed by atoms with Crippen LogP contribution in [-0.2, 0) is 4.74 Å². The Morgan fingerprint density at radius 1 is 1.43 bits per heavy atom. The normalized spacial score (nSPS) is 10.4. The fourth-order valence-corrected chi connectivity index (χ4v) is 2.27. The summed E-state index contributed by atoms with van der Waals surface area (Å²) < 4.78 is 4.97. The molecule has 72 valence electrons. The van der Waals surface area contributed by atoms with E-state index in [9.17, 15) is 4.79 Å². The first-order chi connectivity index (χ1) is 6.83. The maximum atomic E-state index is 11.5. The van der Waals surface area contributed by atoms with Crippen LogP contribution in [0.25, 0.3) is 10.8 Å². The zero-order valence-electron chi connectivity index (χ0n) is 7.82. The Balaban J connectivity index is 2.47. The molecular weight excluding hydrogens is 196 g/mol. The summed E-state index contributed by atoms with van der Waals surface area (Å²) in [6.45, 7) is 2.23. The molecule has 0 aliphatic rings. The summed E-state index contributed by atoms with van der Waals surface area (Å²) in [5.74, 6) is -0.223. The predicted molar refractivity (Wildman–Crippen MR) is 57.8 cm³/mol. The molecule has 0 aliphatic carbocycles. The van der Waals surface area contributed by atoms with Gasteiger partial charge in [-0.1, -0.05) is 24.3 Å². The van der Waals surface area contributed by atoms with Crippen LogP contribution in [0.4, 0.5) is 0 Å². The van der Waals surface area contributed by atoms with Gasteiger partial charge >= 0.3 is 5.97 Å². The van der Waals surface area contributed by atoms with Crippen LogP contribution in [-0.4, -0.2) is 12.6 Å². The standard InChI is InChI=1S/C11H10O2S/c1-2-13-11(12)10-9-6-4-3-5-8(9)7-14-10/h3-7H,2H2,1H3. The van der Waals surface area contributed by atoms with Crippen LogP contribution >= 0.6 is 11.3 Å². The molecule has 0 bridgehead atoms. The lowest BCUT2D eigenvalue weighted by molar-refractivity contribution is 0.0534. The molecule has 0 aliphatic heterocycles. The first-order valence-electron chi connectivity index (χ1n) is 4.46. The van der Waals surface area contributed by atoms with Gasteiger partial charge in [-0.2, -0.15) is 0 Å². The number of esters is 1. The highest BCUT2D eigenvalue weighted by atomic mass is 32.1. The van der Waals surface area contributed by atoms with Crippen molar-refractivity contribution in [3.05, 3.63) is 34.5 Å². The topological polar surface area (TPSA) is 26.3 Å². The highest BCUT2D eigenvalue weighted by Gasteiger charge is 2.12. The molecule has 2 aromatic rings. The highest BCUT2D eigenvalue weighted by Crippen LogP contribution is 2.25. The van der Waals surface area contributed by atoms with Gasteiger partial charge in [0, 0.05) is 5.39 Å². The number of fused-ring (bicyclic) bond motifs is 1. The molecule has 0 spiro atoms. The number of ether oxygens (including phenoxy) is 1. The van der Waals surface area contributed by atoms with Crippen LogP contribution in [0.1, 0.15) is 16.6 Å². The Hall–Kier alpha value is -1.35. The summed E-state index contributed by atoms with van der Waals surface area (Å²) in [6, 6.07) is 7.83. The van der Waals surface area contributed by atoms with Gasteiger partial charge in [-0.3, -0.25) is 0 Å². The second-order valence-corrected chi connectivity index (χ2v) is 3.75. The van der Waals surface area contributed by atoms with E-state index >= 15 is 0 Å². The summed E-state index contributed by atoms with van der Waals surface area (Å²) in [4.78, 5) is 12.2. The summed E-state index contributed by atoms with van der Waals surface area (Å²) in [7, 11) is 0. The summed E-state index contributed by atoms with van der Waals surface area (Å²) in [5.41, 5.74) is 0. The molecule has 14 heavy (non-hydrogen) atoms. The third-order valence-corrected chi connectivity index (χ3v) is 2.96. The van der Waals surface area contributed by atoms with Crippen molar-refractivity contribution in [3.63, 3.8) is 0 Å². The molecule has 0 saturated heterocycles. The Labute approximate surface area is 86.1 Å². The van der Waals surface area contributed by atoms with E-state index in [4.69, 9.17) is 4.74 Å². The van der Waals surface area contributed by atoms with Crippen LogP contribution in [0.3, 0.4) is 0 Å². The number of carbonyl (C=O) groups excluding carboxylic acids is 1. The Morgan fingerprint density at radius 3 is 3.00 bits per heavy atom. The molecule has 0 amide bonds. The molecule has 0 atom stereocenters. The van der Waals surface area contributed by atoms with Gasteiger partial charge in [-0.05, 0) is 17.7 Å². The zero-order chi connectivity index (χ0) is 9.97. The zero-order valence-corrected chi connectivity index (χ0v) is 8.64. The number of carbonyl (C=O) groups is 1. The van der Waals surface area contributed by atoms with Crippen molar-refractivity contribution in [2.75, 3.05) is 6.61 Å². The third kappa shape index (κ3) is 1.51. The number of thiophene rings is 1. The fourth-order valence-electron chi connectivity index (χ4n) is 1.35. The maximum Gasteiger partial charge on any atom is 0.348 e. The lowest BCUT2D eigenvalue weighted by atomic mass is 10.2. The summed E-state index contributed by atoms with van der Waals surface area (Å²) >= 11 is 1.44. The average molecular weight is 206 g/mol. The molecule has 2 rings (SSSR count). The van der Waals surface area contributed by atoms with Gasteiger partial charge in [0.1, 0.15) is 4.88 Å². The SMILES string of the molecule is CCOC(=O)c1scc2ccccc12. The molecule has 0 radical (unpaired) electrons. The summed E-state index contributed by atoms with van der Waals surface area (Å²) in [6.07, 6.45) is 0. The minimum atomic E-state index is -0.223. The number of rotatable bonds is 2. The monoisotopic (exact) mass is 206 g/mol. The van der Waals surface area contributed by atoms with Gasteiger partial charge in [0.15, 0.2) is 0 Å². The van der Waals surface area contributed by atoms with Crippen molar-refractivity contribution < 1.29 is 9.53 Å². The predicted octanol–water partition coefficient (Wildman–Crippen LogP) is 3.08. The van der Waals surface area contributed by atoms with Crippen LogP contribution < -0.4 is 0 Å². The maximum absolute atomic E-state index is 11.5. The van der Waals surface area contributed by atoms with Gasteiger partial charge in [-0.25, -0.2) is 4.79 Å². The molecule has 0 N–H and O–H groups in total. The van der Waals surface area contributed by atoms with Crippen LogP contribution in [0.15, 0.2) is 29.6 Å². The Bertz CT molecular complexity index is 459. The van der Waals surface area contributed by atoms with Crippen LogP contribution in [0.5, 0.6) is 0 Å². The number of benzene rings is 1. The third-order valence-electron chi connectivity index (χ3n) is 1.97. The van der Waals surface area contributed by atoms with Crippen molar-refractivity contribution in [2.45, 2.75) is 6.92 Å². The van der Waals surface area contributed by atoms with Crippen molar-refractivity contribution >= 4 is 28.1 Å². The van der Waals surface area contributed by atoms with E-state index in [1.165, 1.54) is 11.3 Å². The average Bonchev–Trinajstić information content (AvgIpc) is 2.61. The second-order valence-electron chi connectivity index (χ2n) is 2.87. The molecule has 0 unspecified atom stereocenters. The number of hydrogen-bond acceptors (Lipinski definition) is 3. The second kappa shape index (κ2) is 3.80. The molecule has 1 aromatic heterocycles. The fraction of sp³-hybridized carbons (Fsp3) is 0.182. The molecule has 1 heterocycles. The molecule has 1 aromatic carbocycles. The minimum Gasteiger partial charge on any atom is -0.462 e. The molecule has 0 saturated carbocycles. The molecule has 0 fully saturated rings. The van der Waals surface area contributed by atoms with Gasteiger partial charge in [0.2, 0.25) is 0 Å². The highest BCUT2D eigenvalue weighted by molar-refractivity contribution is 7.13. The first kappa shape index (κ1) is 9.21. The van der Waals surface area contributed by atoms with E-state index < -0.39 is 0 Å². The number of hydrogen-bond donors (Lipinski definition) is 0. The van der Waals surface area contributed by atoms with Gasteiger partial charge < -0.3 is 4.74 Å². The van der Waals surface area contributed by atoms with Crippen molar-refractivity contribution in [1.29, 1.82) is 0 Å². The molecule has 3 heteroatoms. The largest absolute Gasteiger partial charge is 0.462 e. The Kier molecular flexibility index (Phi) is 2.50. The quantitative estimate of drug-likeness (QED) is 0.706.